The van der Waals surface area contributed by atoms with Gasteiger partial charge in [0.15, 0.2) is 0 Å². The standard InChI is InChI=1S/C20H21N3O2/c1-14-4-6-15(7-5-14)18(19-21-12-13-23(19)2)22-20(24)16-8-10-17(25-3)11-9-16/h4-13,18H,1-3H3,(H,22,24). The van der Waals surface area contributed by atoms with E-state index < -0.39 is 0 Å². The van der Waals surface area contributed by atoms with E-state index in [4.69, 9.17) is 4.74 Å². The Morgan fingerprint density at radius 1 is 1.12 bits per heavy atom. The predicted molar refractivity (Wildman–Crippen MR) is 96.7 cm³/mol. The van der Waals surface area contributed by atoms with Gasteiger partial charge in [-0.2, -0.15) is 0 Å². The molecule has 1 N–H and O–H groups in total. The van der Waals surface area contributed by atoms with Crippen molar-refractivity contribution in [2.75, 3.05) is 7.11 Å². The van der Waals surface area contributed by atoms with Crippen LogP contribution in [0.3, 0.4) is 0 Å². The van der Waals surface area contributed by atoms with Gasteiger partial charge in [0.05, 0.1) is 7.11 Å². The zero-order valence-electron chi connectivity index (χ0n) is 14.6. The normalized spacial score (nSPS) is 11.8. The van der Waals surface area contributed by atoms with Crippen molar-refractivity contribution >= 4 is 5.91 Å². The minimum Gasteiger partial charge on any atom is -0.497 e. The van der Waals surface area contributed by atoms with E-state index in [0.717, 1.165) is 17.1 Å². The van der Waals surface area contributed by atoms with Gasteiger partial charge < -0.3 is 14.6 Å². The fourth-order valence-electron chi connectivity index (χ4n) is 2.67. The SMILES string of the molecule is COc1ccc(C(=O)NC(c2ccc(C)cc2)c2nccn2C)cc1. The maximum Gasteiger partial charge on any atom is 0.252 e. The molecule has 1 aromatic heterocycles. The number of nitrogens with one attached hydrogen (secondary N) is 1. The van der Waals surface area contributed by atoms with Crippen LogP contribution in [0.1, 0.15) is 33.4 Å². The van der Waals surface area contributed by atoms with E-state index in [1.54, 1.807) is 37.6 Å². The minimum absolute atomic E-state index is 0.156. The first kappa shape index (κ1) is 16.8. The number of ether oxygens (including phenoxy) is 1. The van der Waals surface area contributed by atoms with Crippen molar-refractivity contribution in [2.24, 2.45) is 7.05 Å². The molecule has 1 unspecified atom stereocenters. The summed E-state index contributed by atoms with van der Waals surface area (Å²) < 4.78 is 7.06. The van der Waals surface area contributed by atoms with Crippen molar-refractivity contribution in [3.05, 3.63) is 83.4 Å². The quantitative estimate of drug-likeness (QED) is 0.779. The van der Waals surface area contributed by atoms with E-state index in [1.165, 1.54) is 5.56 Å². The number of benzene rings is 2. The lowest BCUT2D eigenvalue weighted by Crippen LogP contribution is -2.31. The average molecular weight is 335 g/mol. The van der Waals surface area contributed by atoms with Crippen LogP contribution in [-0.2, 0) is 7.05 Å². The largest absolute Gasteiger partial charge is 0.497 e. The van der Waals surface area contributed by atoms with Gasteiger partial charge in [-0.05, 0) is 36.8 Å². The molecule has 5 nitrogen and oxygen atoms in total. The van der Waals surface area contributed by atoms with Gasteiger partial charge >= 0.3 is 0 Å². The van der Waals surface area contributed by atoms with Crippen LogP contribution >= 0.6 is 0 Å². The molecule has 0 fully saturated rings. The third-order valence-electron chi connectivity index (χ3n) is 4.15. The third kappa shape index (κ3) is 3.71. The van der Waals surface area contributed by atoms with Gasteiger partial charge in [-0.3, -0.25) is 4.79 Å². The highest BCUT2D eigenvalue weighted by Gasteiger charge is 2.21. The number of hydrogen-bond donors (Lipinski definition) is 1. The molecule has 1 heterocycles. The lowest BCUT2D eigenvalue weighted by Gasteiger charge is -2.19. The van der Waals surface area contributed by atoms with E-state index in [9.17, 15) is 4.79 Å². The second-order valence-electron chi connectivity index (χ2n) is 5.94. The molecule has 0 radical (unpaired) electrons. The summed E-state index contributed by atoms with van der Waals surface area (Å²) in [7, 11) is 3.52. The molecular formula is C20H21N3O2. The molecule has 3 aromatic rings. The Kier molecular flexibility index (Phi) is 4.84. The zero-order valence-corrected chi connectivity index (χ0v) is 14.6. The molecule has 0 bridgehead atoms. The van der Waals surface area contributed by atoms with Crippen molar-refractivity contribution in [3.8, 4) is 5.75 Å². The summed E-state index contributed by atoms with van der Waals surface area (Å²) in [6.45, 7) is 2.04. The van der Waals surface area contributed by atoms with Gasteiger partial charge in [0.2, 0.25) is 0 Å². The first-order chi connectivity index (χ1) is 12.1. The highest BCUT2D eigenvalue weighted by atomic mass is 16.5. The van der Waals surface area contributed by atoms with Crippen LogP contribution < -0.4 is 10.1 Å². The van der Waals surface area contributed by atoms with Gasteiger partial charge in [-0.1, -0.05) is 29.8 Å². The molecule has 5 heteroatoms. The lowest BCUT2D eigenvalue weighted by molar-refractivity contribution is 0.0941. The number of amides is 1. The van der Waals surface area contributed by atoms with Crippen LogP contribution in [0.2, 0.25) is 0 Å². The summed E-state index contributed by atoms with van der Waals surface area (Å²) in [5, 5.41) is 3.09. The summed E-state index contributed by atoms with van der Waals surface area (Å²) in [6.07, 6.45) is 3.60. The molecule has 3 rings (SSSR count). The summed E-state index contributed by atoms with van der Waals surface area (Å²) >= 11 is 0. The van der Waals surface area contributed by atoms with Crippen LogP contribution in [0, 0.1) is 6.92 Å². The summed E-state index contributed by atoms with van der Waals surface area (Å²) in [5.74, 6) is 1.35. The molecule has 25 heavy (non-hydrogen) atoms. The van der Waals surface area contributed by atoms with Crippen molar-refractivity contribution in [3.63, 3.8) is 0 Å². The molecule has 2 aromatic carbocycles. The average Bonchev–Trinajstić information content (AvgIpc) is 3.06. The molecule has 1 amide bonds. The highest BCUT2D eigenvalue weighted by Crippen LogP contribution is 2.22. The number of rotatable bonds is 5. The molecule has 0 aliphatic carbocycles. The predicted octanol–water partition coefficient (Wildman–Crippen LogP) is 3.26. The van der Waals surface area contributed by atoms with E-state index >= 15 is 0 Å². The molecule has 0 aliphatic rings. The first-order valence-electron chi connectivity index (χ1n) is 8.07. The topological polar surface area (TPSA) is 56.1 Å². The van der Waals surface area contributed by atoms with Crippen molar-refractivity contribution in [1.29, 1.82) is 0 Å². The first-order valence-corrected chi connectivity index (χ1v) is 8.07. The van der Waals surface area contributed by atoms with Gasteiger partial charge in [0, 0.05) is 25.0 Å². The number of nitrogens with zero attached hydrogens (tertiary/aromatic N) is 2. The molecule has 0 saturated heterocycles. The molecule has 0 saturated carbocycles. The molecular weight excluding hydrogens is 314 g/mol. The maximum atomic E-state index is 12.7. The number of hydrogen-bond acceptors (Lipinski definition) is 3. The second-order valence-corrected chi connectivity index (χ2v) is 5.94. The van der Waals surface area contributed by atoms with Crippen LogP contribution in [0.4, 0.5) is 0 Å². The summed E-state index contributed by atoms with van der Waals surface area (Å²) in [4.78, 5) is 17.1. The smallest absolute Gasteiger partial charge is 0.252 e. The van der Waals surface area contributed by atoms with Gasteiger partial charge in [0.25, 0.3) is 5.91 Å². The van der Waals surface area contributed by atoms with Gasteiger partial charge in [0.1, 0.15) is 17.6 Å². The number of methoxy groups -OCH3 is 1. The Morgan fingerprint density at radius 2 is 1.80 bits per heavy atom. The van der Waals surface area contributed by atoms with Crippen LogP contribution in [0.5, 0.6) is 5.75 Å². The Hall–Kier alpha value is -3.08. The Balaban J connectivity index is 1.90. The Labute approximate surface area is 147 Å². The summed E-state index contributed by atoms with van der Waals surface area (Å²) in [6, 6.07) is 14.8. The fourth-order valence-corrected chi connectivity index (χ4v) is 2.67. The van der Waals surface area contributed by atoms with Gasteiger partial charge in [-0.15, -0.1) is 0 Å². The fraction of sp³-hybridized carbons (Fsp3) is 0.200. The Bertz CT molecular complexity index is 851. The zero-order chi connectivity index (χ0) is 17.8. The van der Waals surface area contributed by atoms with Crippen molar-refractivity contribution in [1.82, 2.24) is 14.9 Å². The second kappa shape index (κ2) is 7.21. The van der Waals surface area contributed by atoms with E-state index in [-0.39, 0.29) is 11.9 Å². The number of imidazole rings is 1. The minimum atomic E-state index is -0.324. The van der Waals surface area contributed by atoms with E-state index in [2.05, 4.69) is 10.3 Å². The highest BCUT2D eigenvalue weighted by molar-refractivity contribution is 5.94. The van der Waals surface area contributed by atoms with Crippen LogP contribution in [0.25, 0.3) is 0 Å². The maximum absolute atomic E-state index is 12.7. The molecule has 128 valence electrons. The molecule has 1 atom stereocenters. The van der Waals surface area contributed by atoms with E-state index in [1.807, 2.05) is 49.0 Å². The van der Waals surface area contributed by atoms with Gasteiger partial charge in [-0.25, -0.2) is 4.98 Å². The number of aromatic nitrogens is 2. The van der Waals surface area contributed by atoms with Crippen molar-refractivity contribution < 1.29 is 9.53 Å². The molecule has 0 spiro atoms. The third-order valence-corrected chi connectivity index (χ3v) is 4.15. The lowest BCUT2D eigenvalue weighted by atomic mass is 10.0. The monoisotopic (exact) mass is 335 g/mol. The number of carbonyl (C=O) groups is 1. The van der Waals surface area contributed by atoms with E-state index in [0.29, 0.717) is 5.56 Å². The molecule has 0 aliphatic heterocycles. The van der Waals surface area contributed by atoms with Crippen LogP contribution in [0.15, 0.2) is 60.9 Å². The Morgan fingerprint density at radius 3 is 2.36 bits per heavy atom. The number of carbonyl (C=O) groups excluding carboxylic acids is 1. The van der Waals surface area contributed by atoms with Crippen LogP contribution in [-0.4, -0.2) is 22.6 Å². The van der Waals surface area contributed by atoms with Crippen molar-refractivity contribution in [2.45, 2.75) is 13.0 Å². The number of aryl methyl sites for hydroxylation is 2. The summed E-state index contributed by atoms with van der Waals surface area (Å²) in [5.41, 5.74) is 2.73.